The Morgan fingerprint density at radius 3 is 2.81 bits per heavy atom. The molecule has 1 fully saturated rings. The summed E-state index contributed by atoms with van der Waals surface area (Å²) < 4.78 is 8.08. The van der Waals surface area contributed by atoms with Crippen molar-refractivity contribution in [2.75, 3.05) is 13.7 Å². The van der Waals surface area contributed by atoms with Crippen LogP contribution in [-0.2, 0) is 18.3 Å². The van der Waals surface area contributed by atoms with Gasteiger partial charge in [-0.3, -0.25) is 23.7 Å². The molecule has 2 aromatic heterocycles. The molecule has 4 rings (SSSR count). The summed E-state index contributed by atoms with van der Waals surface area (Å²) in [4.78, 5) is 43.8. The van der Waals surface area contributed by atoms with E-state index in [2.05, 4.69) is 10.3 Å². The van der Waals surface area contributed by atoms with Crippen LogP contribution in [0.1, 0.15) is 48.2 Å². The highest BCUT2D eigenvalue weighted by atomic mass is 32.1. The Kier molecular flexibility index (Phi) is 6.52. The number of allylic oxidation sites excluding steroid dienone is 1. The minimum Gasteiger partial charge on any atom is -0.359 e. The molecule has 1 atom stereocenters. The zero-order valence-corrected chi connectivity index (χ0v) is 18.7. The van der Waals surface area contributed by atoms with Crippen LogP contribution in [0.5, 0.6) is 0 Å². The second-order valence-corrected chi connectivity index (χ2v) is 9.32. The van der Waals surface area contributed by atoms with Gasteiger partial charge in [0, 0.05) is 39.9 Å². The molecule has 1 N–H and O–H groups in total. The second kappa shape index (κ2) is 9.32. The van der Waals surface area contributed by atoms with Crippen molar-refractivity contribution in [3.8, 4) is 0 Å². The minimum absolute atomic E-state index is 0.224. The zero-order valence-electron chi connectivity index (χ0n) is 17.9. The summed E-state index contributed by atoms with van der Waals surface area (Å²) in [6.45, 7) is 0.832. The zero-order chi connectivity index (χ0) is 22.0. The van der Waals surface area contributed by atoms with Gasteiger partial charge in [-0.15, -0.1) is 11.3 Å². The van der Waals surface area contributed by atoms with Crippen LogP contribution in [0.2, 0.25) is 0 Å². The van der Waals surface area contributed by atoms with Crippen LogP contribution < -0.4 is 16.6 Å². The summed E-state index contributed by atoms with van der Waals surface area (Å²) in [6, 6.07) is 1.61. The molecular weight excluding hydrogens is 416 g/mol. The molecule has 1 aliphatic heterocycles. The van der Waals surface area contributed by atoms with Crippen molar-refractivity contribution in [2.24, 2.45) is 18.0 Å². The molecule has 0 spiro atoms. The fourth-order valence-corrected chi connectivity index (χ4v) is 5.35. The molecule has 0 radical (unpaired) electrons. The number of aromatic nitrogens is 2. The van der Waals surface area contributed by atoms with E-state index < -0.39 is 0 Å². The van der Waals surface area contributed by atoms with E-state index in [0.29, 0.717) is 40.5 Å². The average molecular weight is 445 g/mol. The van der Waals surface area contributed by atoms with Gasteiger partial charge in [-0.1, -0.05) is 19.3 Å². The van der Waals surface area contributed by atoms with Gasteiger partial charge in [-0.25, -0.2) is 4.79 Å². The molecule has 2 aliphatic rings. The standard InChI is InChI=1S/C22H28N4O4S/c1-25-21-16(20(28)26(22(25)29)13-14-6-4-3-5-7-14)11-17(31-21)19(27)24-12-15-8-9-23-18(10-15)30-2/h8-9,11,14,18H,3-7,10,12-13H2,1-2H3,(H,24,27). The third-order valence-corrected chi connectivity index (χ3v) is 7.36. The number of hydrogen-bond donors (Lipinski definition) is 1. The van der Waals surface area contributed by atoms with Crippen LogP contribution in [0.25, 0.3) is 10.2 Å². The van der Waals surface area contributed by atoms with Crippen LogP contribution >= 0.6 is 11.3 Å². The molecule has 1 amide bonds. The van der Waals surface area contributed by atoms with Gasteiger partial charge in [0.1, 0.15) is 4.83 Å². The predicted molar refractivity (Wildman–Crippen MR) is 122 cm³/mol. The van der Waals surface area contributed by atoms with Crippen molar-refractivity contribution in [3.63, 3.8) is 0 Å². The van der Waals surface area contributed by atoms with E-state index in [-0.39, 0.29) is 23.4 Å². The minimum atomic E-state index is -0.311. The first kappa shape index (κ1) is 21.7. The van der Waals surface area contributed by atoms with Crippen molar-refractivity contribution in [1.82, 2.24) is 14.5 Å². The lowest BCUT2D eigenvalue weighted by molar-refractivity contribution is 0.0952. The Bertz CT molecular complexity index is 1150. The third kappa shape index (κ3) is 4.57. The van der Waals surface area contributed by atoms with Gasteiger partial charge < -0.3 is 10.1 Å². The highest BCUT2D eigenvalue weighted by molar-refractivity contribution is 7.20. The van der Waals surface area contributed by atoms with Gasteiger partial charge in [0.15, 0.2) is 6.23 Å². The normalized spacial score (nSPS) is 19.5. The van der Waals surface area contributed by atoms with Gasteiger partial charge in [-0.05, 0) is 36.5 Å². The van der Waals surface area contributed by atoms with Crippen LogP contribution in [0, 0.1) is 5.92 Å². The summed E-state index contributed by atoms with van der Waals surface area (Å²) in [5.41, 5.74) is 0.404. The largest absolute Gasteiger partial charge is 0.359 e. The number of ether oxygens (including phenoxy) is 1. The van der Waals surface area contributed by atoms with E-state index in [1.807, 2.05) is 6.08 Å². The molecule has 166 valence electrons. The molecule has 0 saturated heterocycles. The van der Waals surface area contributed by atoms with Crippen molar-refractivity contribution < 1.29 is 9.53 Å². The maximum Gasteiger partial charge on any atom is 0.331 e. The monoisotopic (exact) mass is 444 g/mol. The third-order valence-electron chi connectivity index (χ3n) is 6.15. The number of hydrogen-bond acceptors (Lipinski definition) is 6. The Labute approximate surface area is 184 Å². The highest BCUT2D eigenvalue weighted by Crippen LogP contribution is 2.25. The van der Waals surface area contributed by atoms with E-state index in [4.69, 9.17) is 4.74 Å². The van der Waals surface area contributed by atoms with E-state index >= 15 is 0 Å². The van der Waals surface area contributed by atoms with Crippen LogP contribution in [0.15, 0.2) is 32.3 Å². The quantitative estimate of drug-likeness (QED) is 0.740. The summed E-state index contributed by atoms with van der Waals surface area (Å²) >= 11 is 1.17. The van der Waals surface area contributed by atoms with Gasteiger partial charge in [0.2, 0.25) is 0 Å². The number of aryl methyl sites for hydroxylation is 1. The lowest BCUT2D eigenvalue weighted by Crippen LogP contribution is -2.40. The van der Waals surface area contributed by atoms with Crippen LogP contribution in [0.3, 0.4) is 0 Å². The maximum absolute atomic E-state index is 13.1. The van der Waals surface area contributed by atoms with Crippen molar-refractivity contribution >= 4 is 33.7 Å². The molecule has 3 heterocycles. The Hall–Kier alpha value is -2.52. The van der Waals surface area contributed by atoms with E-state index in [0.717, 1.165) is 31.3 Å². The van der Waals surface area contributed by atoms with E-state index in [1.54, 1.807) is 26.4 Å². The number of aliphatic imine (C=N–C) groups is 1. The van der Waals surface area contributed by atoms with Gasteiger partial charge in [0.25, 0.3) is 11.5 Å². The molecular formula is C22H28N4O4S. The van der Waals surface area contributed by atoms with E-state index in [9.17, 15) is 14.4 Å². The highest BCUT2D eigenvalue weighted by Gasteiger charge is 2.21. The molecule has 1 unspecified atom stereocenters. The Morgan fingerprint density at radius 2 is 2.06 bits per heavy atom. The average Bonchev–Trinajstić information content (AvgIpc) is 3.26. The molecule has 0 aromatic carbocycles. The fraction of sp³-hybridized carbons (Fsp3) is 0.545. The predicted octanol–water partition coefficient (Wildman–Crippen LogP) is 2.45. The molecule has 2 aromatic rings. The molecule has 9 heteroatoms. The van der Waals surface area contributed by atoms with Crippen molar-refractivity contribution in [2.45, 2.75) is 51.3 Å². The topological polar surface area (TPSA) is 94.7 Å². The first-order chi connectivity index (χ1) is 15.0. The maximum atomic E-state index is 13.1. The second-order valence-electron chi connectivity index (χ2n) is 8.29. The lowest BCUT2D eigenvalue weighted by atomic mass is 9.89. The number of nitrogens with zero attached hydrogens (tertiary/aromatic N) is 3. The molecule has 31 heavy (non-hydrogen) atoms. The fourth-order valence-electron chi connectivity index (χ4n) is 4.33. The van der Waals surface area contributed by atoms with Gasteiger partial charge in [-0.2, -0.15) is 0 Å². The number of thiophene rings is 1. The number of nitrogens with one attached hydrogen (secondary N) is 1. The van der Waals surface area contributed by atoms with Crippen molar-refractivity contribution in [1.29, 1.82) is 0 Å². The Morgan fingerprint density at radius 1 is 1.29 bits per heavy atom. The number of dihydropyridines is 1. The molecule has 8 nitrogen and oxygen atoms in total. The van der Waals surface area contributed by atoms with Gasteiger partial charge in [0.05, 0.1) is 10.3 Å². The number of carbonyl (C=O) groups is 1. The smallest absolute Gasteiger partial charge is 0.331 e. The van der Waals surface area contributed by atoms with Gasteiger partial charge >= 0.3 is 5.69 Å². The van der Waals surface area contributed by atoms with Crippen LogP contribution in [-0.4, -0.2) is 41.1 Å². The number of methoxy groups -OCH3 is 1. The molecule has 0 bridgehead atoms. The first-order valence-electron chi connectivity index (χ1n) is 10.7. The summed E-state index contributed by atoms with van der Waals surface area (Å²) in [5.74, 6) is 0.102. The van der Waals surface area contributed by atoms with Crippen LogP contribution in [0.4, 0.5) is 0 Å². The lowest BCUT2D eigenvalue weighted by Gasteiger charge is -2.22. The van der Waals surface area contributed by atoms with E-state index in [1.165, 1.54) is 26.9 Å². The Balaban J connectivity index is 1.55. The SMILES string of the molecule is COC1CC(CNC(=O)c2cc3c(=O)n(CC4CCCCC4)c(=O)n(C)c3s2)=CC=N1. The van der Waals surface area contributed by atoms with Crippen molar-refractivity contribution in [3.05, 3.63) is 43.4 Å². The summed E-state index contributed by atoms with van der Waals surface area (Å²) in [5, 5.41) is 3.33. The molecule has 1 saturated carbocycles. The summed E-state index contributed by atoms with van der Waals surface area (Å²) in [7, 11) is 3.27. The number of rotatable bonds is 6. The summed E-state index contributed by atoms with van der Waals surface area (Å²) in [6.07, 6.45) is 9.58. The number of carbonyl (C=O) groups excluding carboxylic acids is 1. The number of amides is 1. The first-order valence-corrected chi connectivity index (χ1v) is 11.5. The molecule has 1 aliphatic carbocycles. The number of fused-ring (bicyclic) bond motifs is 1.